The minimum atomic E-state index is -3.88. The normalized spacial score (nSPS) is 15.3. The highest BCUT2D eigenvalue weighted by atomic mass is 32.2. The van der Waals surface area contributed by atoms with Crippen molar-refractivity contribution in [2.24, 2.45) is 0 Å². The van der Waals surface area contributed by atoms with Crippen LogP contribution in [-0.2, 0) is 16.4 Å². The molecule has 29 heavy (non-hydrogen) atoms. The van der Waals surface area contributed by atoms with Gasteiger partial charge in [0.2, 0.25) is 10.0 Å². The average Bonchev–Trinajstić information content (AvgIpc) is 2.73. The summed E-state index contributed by atoms with van der Waals surface area (Å²) >= 11 is 0. The third kappa shape index (κ3) is 4.30. The van der Waals surface area contributed by atoms with Crippen molar-refractivity contribution in [2.45, 2.75) is 25.2 Å². The summed E-state index contributed by atoms with van der Waals surface area (Å²) in [7, 11) is -3.88. The molecule has 1 saturated heterocycles. The topological polar surface area (TPSA) is 101 Å². The molecule has 154 valence electrons. The second-order valence-electron chi connectivity index (χ2n) is 6.95. The van der Waals surface area contributed by atoms with Crippen LogP contribution < -0.4 is 0 Å². The molecule has 1 fully saturated rings. The van der Waals surface area contributed by atoms with E-state index in [1.165, 1.54) is 16.4 Å². The number of nitrogens with zero attached hydrogens (tertiary/aromatic N) is 3. The maximum Gasteiger partial charge on any atom is 0.270 e. The summed E-state index contributed by atoms with van der Waals surface area (Å²) in [5, 5.41) is 11.0. The lowest BCUT2D eigenvalue weighted by atomic mass is 10.1. The van der Waals surface area contributed by atoms with Gasteiger partial charge >= 0.3 is 0 Å². The van der Waals surface area contributed by atoms with Crippen LogP contribution in [0.1, 0.15) is 28.4 Å². The first kappa shape index (κ1) is 20.9. The standard InChI is InChI=1S/C20H23N3O5S/c1-3-16-5-7-17(8-6-16)20(24)21-10-12-22(13-11-21)29(27,28)19-14-18(23(25)26)9-4-15(19)2/h4-9,14H,3,10-13H2,1-2H3. The number of benzene rings is 2. The molecule has 1 heterocycles. The zero-order valence-corrected chi connectivity index (χ0v) is 17.2. The Balaban J connectivity index is 1.73. The zero-order chi connectivity index (χ0) is 21.2. The Morgan fingerprint density at radius 2 is 1.69 bits per heavy atom. The van der Waals surface area contributed by atoms with E-state index < -0.39 is 14.9 Å². The van der Waals surface area contributed by atoms with E-state index in [0.29, 0.717) is 11.1 Å². The van der Waals surface area contributed by atoms with E-state index in [2.05, 4.69) is 0 Å². The minimum Gasteiger partial charge on any atom is -0.336 e. The van der Waals surface area contributed by atoms with Crippen molar-refractivity contribution in [3.63, 3.8) is 0 Å². The Morgan fingerprint density at radius 3 is 2.24 bits per heavy atom. The van der Waals surface area contributed by atoms with E-state index in [1.807, 2.05) is 19.1 Å². The van der Waals surface area contributed by atoms with Gasteiger partial charge in [0, 0.05) is 43.9 Å². The lowest BCUT2D eigenvalue weighted by molar-refractivity contribution is -0.385. The van der Waals surface area contributed by atoms with Gasteiger partial charge in [-0.2, -0.15) is 4.31 Å². The van der Waals surface area contributed by atoms with Gasteiger partial charge in [-0.25, -0.2) is 8.42 Å². The molecule has 2 aromatic carbocycles. The Kier molecular flexibility index (Phi) is 5.99. The molecule has 0 bridgehead atoms. The number of carbonyl (C=O) groups is 1. The van der Waals surface area contributed by atoms with Crippen molar-refractivity contribution < 1.29 is 18.1 Å². The maximum absolute atomic E-state index is 13.0. The second-order valence-corrected chi connectivity index (χ2v) is 8.86. The molecule has 0 unspecified atom stereocenters. The van der Waals surface area contributed by atoms with Crippen LogP contribution in [0.15, 0.2) is 47.4 Å². The summed E-state index contributed by atoms with van der Waals surface area (Å²) in [4.78, 5) is 24.6. The summed E-state index contributed by atoms with van der Waals surface area (Å²) in [5.41, 5.74) is 1.90. The molecule has 2 aromatic rings. The van der Waals surface area contributed by atoms with Crippen molar-refractivity contribution in [3.8, 4) is 0 Å². The molecular weight excluding hydrogens is 394 g/mol. The first-order valence-electron chi connectivity index (χ1n) is 9.37. The van der Waals surface area contributed by atoms with Crippen molar-refractivity contribution in [3.05, 3.63) is 69.3 Å². The fraction of sp³-hybridized carbons (Fsp3) is 0.350. The fourth-order valence-corrected chi connectivity index (χ4v) is 4.98. The van der Waals surface area contributed by atoms with Gasteiger partial charge in [-0.15, -0.1) is 0 Å². The number of hydrogen-bond donors (Lipinski definition) is 0. The monoisotopic (exact) mass is 417 g/mol. The van der Waals surface area contributed by atoms with Crippen molar-refractivity contribution in [1.29, 1.82) is 0 Å². The Hall–Kier alpha value is -2.78. The van der Waals surface area contributed by atoms with Crippen molar-refractivity contribution >= 4 is 21.6 Å². The molecular formula is C20H23N3O5S. The van der Waals surface area contributed by atoms with E-state index in [9.17, 15) is 23.3 Å². The van der Waals surface area contributed by atoms with Crippen LogP contribution in [0.3, 0.4) is 0 Å². The average molecular weight is 417 g/mol. The van der Waals surface area contributed by atoms with E-state index >= 15 is 0 Å². The summed E-state index contributed by atoms with van der Waals surface area (Å²) in [6.07, 6.45) is 0.891. The summed E-state index contributed by atoms with van der Waals surface area (Å²) in [6, 6.07) is 11.2. The first-order chi connectivity index (χ1) is 13.7. The van der Waals surface area contributed by atoms with Gasteiger partial charge in [0.05, 0.1) is 9.82 Å². The van der Waals surface area contributed by atoms with Crippen LogP contribution in [0.2, 0.25) is 0 Å². The Bertz CT molecular complexity index is 1030. The lowest BCUT2D eigenvalue weighted by Crippen LogP contribution is -2.50. The van der Waals surface area contributed by atoms with Crippen LogP contribution >= 0.6 is 0 Å². The number of amides is 1. The molecule has 1 amide bonds. The second kappa shape index (κ2) is 8.30. The lowest BCUT2D eigenvalue weighted by Gasteiger charge is -2.34. The van der Waals surface area contributed by atoms with E-state index in [0.717, 1.165) is 18.1 Å². The molecule has 0 N–H and O–H groups in total. The number of hydrogen-bond acceptors (Lipinski definition) is 5. The molecule has 1 aliphatic rings. The van der Waals surface area contributed by atoms with Crippen LogP contribution in [0.4, 0.5) is 5.69 Å². The van der Waals surface area contributed by atoms with Crippen LogP contribution in [0.5, 0.6) is 0 Å². The van der Waals surface area contributed by atoms with E-state index in [-0.39, 0.29) is 42.7 Å². The molecule has 0 aliphatic carbocycles. The smallest absolute Gasteiger partial charge is 0.270 e. The van der Waals surface area contributed by atoms with Crippen LogP contribution in [0.25, 0.3) is 0 Å². The molecule has 0 aromatic heterocycles. The Labute approximate surface area is 169 Å². The van der Waals surface area contributed by atoms with Gasteiger partial charge < -0.3 is 4.90 Å². The number of sulfonamides is 1. The molecule has 3 rings (SSSR count). The summed E-state index contributed by atoms with van der Waals surface area (Å²) < 4.78 is 27.3. The van der Waals surface area contributed by atoms with Gasteiger partial charge in [-0.05, 0) is 36.6 Å². The first-order valence-corrected chi connectivity index (χ1v) is 10.8. The fourth-order valence-electron chi connectivity index (χ4n) is 3.32. The SMILES string of the molecule is CCc1ccc(C(=O)N2CCN(S(=O)(=O)c3cc([N+](=O)[O-])ccc3C)CC2)cc1. The van der Waals surface area contributed by atoms with Crippen molar-refractivity contribution in [2.75, 3.05) is 26.2 Å². The number of non-ortho nitro benzene ring substituents is 1. The van der Waals surface area contributed by atoms with Gasteiger partial charge in [0.15, 0.2) is 0 Å². The predicted molar refractivity (Wildman–Crippen MR) is 108 cm³/mol. The molecule has 9 heteroatoms. The molecule has 0 radical (unpaired) electrons. The van der Waals surface area contributed by atoms with Gasteiger partial charge in [0.25, 0.3) is 11.6 Å². The number of piperazine rings is 1. The van der Waals surface area contributed by atoms with E-state index in [1.54, 1.807) is 24.0 Å². The van der Waals surface area contributed by atoms with Gasteiger partial charge in [-0.3, -0.25) is 14.9 Å². The number of nitro groups is 1. The highest BCUT2D eigenvalue weighted by Crippen LogP contribution is 2.25. The van der Waals surface area contributed by atoms with Gasteiger partial charge in [-0.1, -0.05) is 25.1 Å². The number of rotatable bonds is 5. The highest BCUT2D eigenvalue weighted by molar-refractivity contribution is 7.89. The molecule has 1 aliphatic heterocycles. The Morgan fingerprint density at radius 1 is 1.07 bits per heavy atom. The summed E-state index contributed by atoms with van der Waals surface area (Å²) in [6.45, 7) is 4.46. The third-order valence-corrected chi connectivity index (χ3v) is 7.18. The molecule has 0 spiro atoms. The number of aryl methyl sites for hydroxylation is 2. The molecule has 0 saturated carbocycles. The molecule has 8 nitrogen and oxygen atoms in total. The summed E-state index contributed by atoms with van der Waals surface area (Å²) in [5.74, 6) is -0.128. The maximum atomic E-state index is 13.0. The predicted octanol–water partition coefficient (Wildman–Crippen LogP) is 2.61. The molecule has 0 atom stereocenters. The van der Waals surface area contributed by atoms with Crippen LogP contribution in [0, 0.1) is 17.0 Å². The van der Waals surface area contributed by atoms with Crippen molar-refractivity contribution in [1.82, 2.24) is 9.21 Å². The van der Waals surface area contributed by atoms with E-state index in [4.69, 9.17) is 0 Å². The van der Waals surface area contributed by atoms with Gasteiger partial charge in [0.1, 0.15) is 0 Å². The quantitative estimate of drug-likeness (QED) is 0.550. The number of nitro benzene ring substituents is 1. The zero-order valence-electron chi connectivity index (χ0n) is 16.4. The highest BCUT2D eigenvalue weighted by Gasteiger charge is 2.32. The largest absolute Gasteiger partial charge is 0.336 e. The minimum absolute atomic E-state index is 0.0679. The third-order valence-electron chi connectivity index (χ3n) is 5.14. The number of carbonyl (C=O) groups excluding carboxylic acids is 1. The van der Waals surface area contributed by atoms with Crippen LogP contribution in [-0.4, -0.2) is 54.6 Å².